The first-order valence-corrected chi connectivity index (χ1v) is 9.42. The average molecular weight is 424 g/mol. The van der Waals surface area contributed by atoms with Crippen LogP contribution < -0.4 is 10.7 Å². The van der Waals surface area contributed by atoms with Gasteiger partial charge in [0.05, 0.1) is 6.54 Å². The lowest BCUT2D eigenvalue weighted by atomic mass is 10.0. The zero-order valence-electron chi connectivity index (χ0n) is 15.7. The summed E-state index contributed by atoms with van der Waals surface area (Å²) in [6, 6.07) is 0.695. The predicted octanol–water partition coefficient (Wildman–Crippen LogP) is 0.364. The van der Waals surface area contributed by atoms with Crippen LogP contribution in [0.1, 0.15) is 32.1 Å². The second-order valence-corrected chi connectivity index (χ2v) is 6.91. The number of rotatable bonds is 5. The maximum Gasteiger partial charge on any atom is 0.347 e. The van der Waals surface area contributed by atoms with Crippen molar-refractivity contribution in [2.24, 2.45) is 0 Å². The van der Waals surface area contributed by atoms with E-state index in [9.17, 15) is 9.59 Å². The number of nitrogens with zero attached hydrogens (tertiary/aromatic N) is 3. The van der Waals surface area contributed by atoms with Gasteiger partial charge >= 0.3 is 5.97 Å². The first-order chi connectivity index (χ1) is 12.3. The average Bonchev–Trinajstić information content (AvgIpc) is 2.68. The van der Waals surface area contributed by atoms with E-state index in [4.69, 9.17) is 4.84 Å². The Morgan fingerprint density at radius 3 is 2.48 bits per heavy atom. The maximum absolute atomic E-state index is 12.0. The SMILES string of the molecule is Cl.Cl.O=C=C1CCCCN1OC(=O)CNN1CCN(C2CCNCC2)CC1. The molecule has 0 saturated carbocycles. The number of nitrogens with one attached hydrogen (secondary N) is 2. The topological polar surface area (TPSA) is 77.2 Å². The van der Waals surface area contributed by atoms with Gasteiger partial charge in [0.15, 0.2) is 0 Å². The summed E-state index contributed by atoms with van der Waals surface area (Å²) in [4.78, 5) is 30.8. The summed E-state index contributed by atoms with van der Waals surface area (Å²) >= 11 is 0. The first-order valence-electron chi connectivity index (χ1n) is 9.42. The van der Waals surface area contributed by atoms with Crippen molar-refractivity contribution in [3.63, 3.8) is 0 Å². The van der Waals surface area contributed by atoms with Crippen molar-refractivity contribution in [1.29, 1.82) is 0 Å². The highest BCUT2D eigenvalue weighted by Crippen LogP contribution is 2.18. The van der Waals surface area contributed by atoms with Crippen LogP contribution in [0, 0.1) is 0 Å². The van der Waals surface area contributed by atoms with Gasteiger partial charge in [0.2, 0.25) is 0 Å². The van der Waals surface area contributed by atoms with E-state index in [1.165, 1.54) is 17.9 Å². The van der Waals surface area contributed by atoms with Crippen LogP contribution in [0.3, 0.4) is 0 Å². The Hall–Kier alpha value is -0.860. The van der Waals surface area contributed by atoms with Gasteiger partial charge in [-0.05, 0) is 38.8 Å². The summed E-state index contributed by atoms with van der Waals surface area (Å²) in [7, 11) is 0. The van der Waals surface area contributed by atoms with Gasteiger partial charge in [0.25, 0.3) is 0 Å². The Kier molecular flexibility index (Phi) is 11.3. The number of carbonyl (C=O) groups excluding carboxylic acids is 2. The molecule has 0 bridgehead atoms. The van der Waals surface area contributed by atoms with Gasteiger partial charge in [0.1, 0.15) is 18.2 Å². The Morgan fingerprint density at radius 2 is 1.81 bits per heavy atom. The standard InChI is InChI=1S/C17H29N5O3.2ClH/c23-14-16-3-1-2-8-22(16)25-17(24)13-19-21-11-9-20(10-12-21)15-4-6-18-7-5-15;;/h15,18-19H,1-13H2;2*1H. The van der Waals surface area contributed by atoms with Crippen molar-refractivity contribution in [1.82, 2.24) is 25.7 Å². The maximum atomic E-state index is 12.0. The molecule has 0 radical (unpaired) electrons. The molecule has 10 heteroatoms. The Balaban J connectivity index is 0.00000182. The molecule has 0 aliphatic carbocycles. The normalized spacial score (nSPS) is 22.4. The molecule has 2 N–H and O–H groups in total. The zero-order chi connectivity index (χ0) is 17.5. The van der Waals surface area contributed by atoms with Gasteiger partial charge in [-0.2, -0.15) is 5.06 Å². The van der Waals surface area contributed by atoms with E-state index >= 15 is 0 Å². The molecule has 27 heavy (non-hydrogen) atoms. The van der Waals surface area contributed by atoms with E-state index in [0.717, 1.165) is 52.1 Å². The van der Waals surface area contributed by atoms with Crippen molar-refractivity contribution in [3.05, 3.63) is 5.70 Å². The Bertz CT molecular complexity index is 505. The molecule has 3 aliphatic rings. The highest BCUT2D eigenvalue weighted by molar-refractivity contribution is 5.85. The van der Waals surface area contributed by atoms with Crippen LogP contribution in [-0.4, -0.2) is 85.3 Å². The predicted molar refractivity (Wildman–Crippen MR) is 107 cm³/mol. The monoisotopic (exact) mass is 423 g/mol. The Labute approximate surface area is 173 Å². The lowest BCUT2D eigenvalue weighted by Crippen LogP contribution is -2.56. The molecule has 8 nitrogen and oxygen atoms in total. The number of halogens is 2. The molecule has 0 unspecified atom stereocenters. The minimum Gasteiger partial charge on any atom is -0.339 e. The number of allylic oxidation sites excluding steroid dienone is 1. The number of carbonyl (C=O) groups is 1. The third-order valence-electron chi connectivity index (χ3n) is 5.24. The van der Waals surface area contributed by atoms with E-state index in [1.807, 2.05) is 5.94 Å². The molecular formula is C17H31Cl2N5O3. The fourth-order valence-electron chi connectivity index (χ4n) is 3.76. The third kappa shape index (κ3) is 7.23. The number of piperazine rings is 1. The summed E-state index contributed by atoms with van der Waals surface area (Å²) in [5.74, 6) is 1.51. The number of hydroxylamine groups is 2. The molecule has 3 heterocycles. The third-order valence-corrected chi connectivity index (χ3v) is 5.24. The Morgan fingerprint density at radius 1 is 1.11 bits per heavy atom. The number of hydrogen-bond donors (Lipinski definition) is 2. The highest BCUT2D eigenvalue weighted by Gasteiger charge is 2.25. The fourth-order valence-corrected chi connectivity index (χ4v) is 3.76. The summed E-state index contributed by atoms with van der Waals surface area (Å²) in [5.41, 5.74) is 3.59. The molecule has 0 aromatic carbocycles. The van der Waals surface area contributed by atoms with Crippen LogP contribution in [0.15, 0.2) is 5.70 Å². The molecule has 3 fully saturated rings. The van der Waals surface area contributed by atoms with Crippen LogP contribution in [-0.2, 0) is 14.4 Å². The molecule has 0 aromatic heterocycles. The van der Waals surface area contributed by atoms with Crippen LogP contribution in [0.5, 0.6) is 0 Å². The van der Waals surface area contributed by atoms with E-state index in [2.05, 4.69) is 20.7 Å². The van der Waals surface area contributed by atoms with E-state index in [-0.39, 0.29) is 37.3 Å². The van der Waals surface area contributed by atoms with Crippen molar-refractivity contribution >= 4 is 36.7 Å². The largest absolute Gasteiger partial charge is 0.347 e. The van der Waals surface area contributed by atoms with Gasteiger partial charge in [-0.25, -0.2) is 20.0 Å². The molecule has 0 spiro atoms. The molecule has 3 saturated heterocycles. The fraction of sp³-hybridized carbons (Fsp3) is 0.824. The quantitative estimate of drug-likeness (QED) is 0.613. The van der Waals surface area contributed by atoms with Crippen molar-refractivity contribution in [3.8, 4) is 0 Å². The second kappa shape index (κ2) is 12.6. The van der Waals surface area contributed by atoms with Gasteiger partial charge in [-0.3, -0.25) is 4.90 Å². The molecule has 0 amide bonds. The summed E-state index contributed by atoms with van der Waals surface area (Å²) in [6.45, 7) is 6.78. The number of piperidine rings is 2. The van der Waals surface area contributed by atoms with E-state index in [1.54, 1.807) is 0 Å². The highest BCUT2D eigenvalue weighted by atomic mass is 35.5. The van der Waals surface area contributed by atoms with Gasteiger partial charge in [0, 0.05) is 38.6 Å². The molecule has 0 atom stereocenters. The lowest BCUT2D eigenvalue weighted by Gasteiger charge is -2.40. The van der Waals surface area contributed by atoms with Crippen molar-refractivity contribution in [2.45, 2.75) is 38.1 Å². The number of hydrazine groups is 1. The van der Waals surface area contributed by atoms with Crippen LogP contribution >= 0.6 is 24.8 Å². The molecule has 0 aromatic rings. The summed E-state index contributed by atoms with van der Waals surface area (Å²) < 4.78 is 0. The smallest absolute Gasteiger partial charge is 0.339 e. The zero-order valence-corrected chi connectivity index (χ0v) is 17.3. The molecular weight excluding hydrogens is 393 g/mol. The lowest BCUT2D eigenvalue weighted by molar-refractivity contribution is -0.183. The van der Waals surface area contributed by atoms with Crippen LogP contribution in [0.25, 0.3) is 0 Å². The molecule has 156 valence electrons. The van der Waals surface area contributed by atoms with Crippen molar-refractivity contribution < 1.29 is 14.4 Å². The molecule has 3 aliphatic heterocycles. The second-order valence-electron chi connectivity index (χ2n) is 6.91. The number of hydrogen-bond acceptors (Lipinski definition) is 8. The minimum atomic E-state index is -0.365. The van der Waals surface area contributed by atoms with Crippen LogP contribution in [0.2, 0.25) is 0 Å². The van der Waals surface area contributed by atoms with Gasteiger partial charge < -0.3 is 10.2 Å². The minimum absolute atomic E-state index is 0. The van der Waals surface area contributed by atoms with E-state index < -0.39 is 0 Å². The van der Waals surface area contributed by atoms with E-state index in [0.29, 0.717) is 24.7 Å². The van der Waals surface area contributed by atoms with Gasteiger partial charge in [-0.1, -0.05) is 0 Å². The first kappa shape index (κ1) is 24.2. The van der Waals surface area contributed by atoms with Crippen molar-refractivity contribution in [2.75, 3.05) is 52.4 Å². The van der Waals surface area contributed by atoms with Crippen LogP contribution in [0.4, 0.5) is 0 Å². The summed E-state index contributed by atoms with van der Waals surface area (Å²) in [5, 5.41) is 6.89. The summed E-state index contributed by atoms with van der Waals surface area (Å²) in [6.07, 6.45) is 4.94. The van der Waals surface area contributed by atoms with Gasteiger partial charge in [-0.15, -0.1) is 24.8 Å². The molecule has 3 rings (SSSR count).